The van der Waals surface area contributed by atoms with Crippen LogP contribution in [0.25, 0.3) is 5.69 Å². The Morgan fingerprint density at radius 3 is 2.90 bits per heavy atom. The number of hydrogen-bond acceptors (Lipinski definition) is 6. The molecule has 4 aromatic rings. The van der Waals surface area contributed by atoms with Crippen LogP contribution in [0, 0.1) is 0 Å². The minimum absolute atomic E-state index is 0.156. The summed E-state index contributed by atoms with van der Waals surface area (Å²) in [4.78, 5) is 20.0. The van der Waals surface area contributed by atoms with Crippen molar-refractivity contribution in [1.29, 1.82) is 0 Å². The van der Waals surface area contributed by atoms with Gasteiger partial charge in [-0.2, -0.15) is 5.10 Å². The van der Waals surface area contributed by atoms with Crippen molar-refractivity contribution >= 4 is 34.5 Å². The van der Waals surface area contributed by atoms with Crippen LogP contribution in [0.5, 0.6) is 0 Å². The average Bonchev–Trinajstić information content (AvgIpc) is 3.45. The first-order chi connectivity index (χ1) is 14.2. The number of furan rings is 1. The Bertz CT molecular complexity index is 1010. The highest BCUT2D eigenvalue weighted by atomic mass is 35.5. The average molecular weight is 428 g/mol. The van der Waals surface area contributed by atoms with Crippen molar-refractivity contribution in [3.8, 4) is 5.69 Å². The van der Waals surface area contributed by atoms with E-state index in [1.54, 1.807) is 46.8 Å². The molecular weight excluding hydrogens is 410 g/mol. The molecule has 1 amide bonds. The number of nitrogens with one attached hydrogen (secondary N) is 1. The number of benzene rings is 1. The van der Waals surface area contributed by atoms with Gasteiger partial charge < -0.3 is 9.73 Å². The largest absolute Gasteiger partial charge is 0.468 e. The maximum atomic E-state index is 12.8. The standard InChI is InChI=1S/C20H18ClN5O2S/c21-15-5-6-19(26-14-22-13-23-26)18(9-15)24-20(27)12-25(10-16-3-1-7-28-16)11-17-4-2-8-29-17/h1-9,13-14H,10-12H2,(H,24,27). The second-order valence-corrected chi connectivity index (χ2v) is 7.82. The first-order valence-corrected chi connectivity index (χ1v) is 10.1. The number of hydrogen-bond donors (Lipinski definition) is 1. The Kier molecular flexibility index (Phi) is 6.04. The number of carbonyl (C=O) groups is 1. The van der Waals surface area contributed by atoms with E-state index >= 15 is 0 Å². The monoisotopic (exact) mass is 427 g/mol. The van der Waals surface area contributed by atoms with Crippen LogP contribution < -0.4 is 5.32 Å². The lowest BCUT2D eigenvalue weighted by atomic mass is 10.2. The normalized spacial score (nSPS) is 11.1. The van der Waals surface area contributed by atoms with Crippen molar-refractivity contribution in [1.82, 2.24) is 19.7 Å². The van der Waals surface area contributed by atoms with Gasteiger partial charge >= 0.3 is 0 Å². The SMILES string of the molecule is O=C(CN(Cc1ccco1)Cc1cccs1)Nc1cc(Cl)ccc1-n1cncn1. The van der Waals surface area contributed by atoms with Gasteiger partial charge in [-0.25, -0.2) is 9.67 Å². The summed E-state index contributed by atoms with van der Waals surface area (Å²) in [5, 5.41) is 9.63. The van der Waals surface area contributed by atoms with E-state index in [1.165, 1.54) is 11.2 Å². The van der Waals surface area contributed by atoms with Gasteiger partial charge in [0.15, 0.2) is 0 Å². The van der Waals surface area contributed by atoms with Gasteiger partial charge in [-0.15, -0.1) is 11.3 Å². The molecule has 1 N–H and O–H groups in total. The summed E-state index contributed by atoms with van der Waals surface area (Å²) >= 11 is 7.80. The van der Waals surface area contributed by atoms with Gasteiger partial charge in [-0.05, 0) is 41.8 Å². The zero-order valence-corrected chi connectivity index (χ0v) is 16.9. The van der Waals surface area contributed by atoms with E-state index in [9.17, 15) is 4.79 Å². The molecule has 0 aliphatic heterocycles. The minimum atomic E-state index is -0.156. The molecule has 0 saturated heterocycles. The molecule has 0 bridgehead atoms. The molecule has 148 valence electrons. The lowest BCUT2D eigenvalue weighted by Gasteiger charge is -2.20. The molecule has 9 heteroatoms. The van der Waals surface area contributed by atoms with E-state index in [0.29, 0.717) is 29.5 Å². The van der Waals surface area contributed by atoms with Crippen LogP contribution in [0.4, 0.5) is 5.69 Å². The summed E-state index contributed by atoms with van der Waals surface area (Å²) in [6.07, 6.45) is 4.64. The minimum Gasteiger partial charge on any atom is -0.468 e. The number of carbonyl (C=O) groups excluding carboxylic acids is 1. The number of amides is 1. The molecule has 0 spiro atoms. The molecule has 0 saturated carbocycles. The van der Waals surface area contributed by atoms with Crippen molar-refractivity contribution in [2.45, 2.75) is 13.1 Å². The van der Waals surface area contributed by atoms with Crippen molar-refractivity contribution in [3.63, 3.8) is 0 Å². The Morgan fingerprint density at radius 1 is 1.24 bits per heavy atom. The molecule has 0 atom stereocenters. The van der Waals surface area contributed by atoms with Crippen molar-refractivity contribution < 1.29 is 9.21 Å². The van der Waals surface area contributed by atoms with Crippen LogP contribution >= 0.6 is 22.9 Å². The number of thiophene rings is 1. The third-order valence-electron chi connectivity index (χ3n) is 4.18. The fourth-order valence-corrected chi connectivity index (χ4v) is 3.87. The summed E-state index contributed by atoms with van der Waals surface area (Å²) in [6.45, 7) is 1.38. The fraction of sp³-hybridized carbons (Fsp3) is 0.150. The molecule has 0 aliphatic carbocycles. The molecule has 3 heterocycles. The topological polar surface area (TPSA) is 76.2 Å². The zero-order valence-electron chi connectivity index (χ0n) is 15.4. The maximum absolute atomic E-state index is 12.8. The number of nitrogens with zero attached hydrogens (tertiary/aromatic N) is 4. The summed E-state index contributed by atoms with van der Waals surface area (Å²) in [6, 6.07) is 13.0. The Labute approximate surface area is 176 Å². The molecule has 0 aliphatic rings. The molecule has 1 aromatic carbocycles. The van der Waals surface area contributed by atoms with Crippen LogP contribution in [-0.2, 0) is 17.9 Å². The Hall–Kier alpha value is -2.94. The fourth-order valence-electron chi connectivity index (χ4n) is 2.95. The third-order valence-corrected chi connectivity index (χ3v) is 5.28. The molecule has 7 nitrogen and oxygen atoms in total. The number of halogens is 1. The number of rotatable bonds is 8. The van der Waals surface area contributed by atoms with Gasteiger partial charge in [-0.1, -0.05) is 17.7 Å². The second-order valence-electron chi connectivity index (χ2n) is 6.35. The molecule has 0 radical (unpaired) electrons. The highest BCUT2D eigenvalue weighted by Gasteiger charge is 2.16. The maximum Gasteiger partial charge on any atom is 0.238 e. The molecule has 4 rings (SSSR count). The van der Waals surface area contributed by atoms with E-state index in [4.69, 9.17) is 16.0 Å². The van der Waals surface area contributed by atoms with Crippen LogP contribution in [0.1, 0.15) is 10.6 Å². The lowest BCUT2D eigenvalue weighted by molar-refractivity contribution is -0.117. The van der Waals surface area contributed by atoms with Gasteiger partial charge in [0.05, 0.1) is 30.7 Å². The van der Waals surface area contributed by atoms with Crippen LogP contribution in [-0.4, -0.2) is 32.1 Å². The third kappa shape index (κ3) is 5.11. The number of aromatic nitrogens is 3. The zero-order chi connectivity index (χ0) is 20.1. The van der Waals surface area contributed by atoms with Crippen LogP contribution in [0.2, 0.25) is 5.02 Å². The highest BCUT2D eigenvalue weighted by molar-refractivity contribution is 7.09. The van der Waals surface area contributed by atoms with Crippen molar-refractivity contribution in [3.05, 3.63) is 82.4 Å². The predicted molar refractivity (Wildman–Crippen MR) is 112 cm³/mol. The Balaban J connectivity index is 1.50. The molecule has 3 aromatic heterocycles. The van der Waals surface area contributed by atoms with E-state index in [-0.39, 0.29) is 12.5 Å². The van der Waals surface area contributed by atoms with E-state index < -0.39 is 0 Å². The summed E-state index contributed by atoms with van der Waals surface area (Å²) in [5.74, 6) is 0.650. The molecule has 0 unspecified atom stereocenters. The van der Waals surface area contributed by atoms with Gasteiger partial charge in [-0.3, -0.25) is 9.69 Å². The summed E-state index contributed by atoms with van der Waals surface area (Å²) in [5.41, 5.74) is 1.26. The highest BCUT2D eigenvalue weighted by Crippen LogP contribution is 2.24. The number of anilines is 1. The molecular formula is C20H18ClN5O2S. The Morgan fingerprint density at radius 2 is 2.17 bits per heavy atom. The second kappa shape index (κ2) is 9.04. The first kappa shape index (κ1) is 19.4. The van der Waals surface area contributed by atoms with E-state index in [1.807, 2.05) is 28.5 Å². The lowest BCUT2D eigenvalue weighted by Crippen LogP contribution is -2.32. The smallest absolute Gasteiger partial charge is 0.238 e. The van der Waals surface area contributed by atoms with E-state index in [2.05, 4.69) is 21.5 Å². The van der Waals surface area contributed by atoms with Crippen LogP contribution in [0.3, 0.4) is 0 Å². The molecule has 0 fully saturated rings. The molecule has 29 heavy (non-hydrogen) atoms. The van der Waals surface area contributed by atoms with Gasteiger partial charge in [0.25, 0.3) is 0 Å². The van der Waals surface area contributed by atoms with Crippen molar-refractivity contribution in [2.24, 2.45) is 0 Å². The van der Waals surface area contributed by atoms with Gasteiger partial charge in [0.1, 0.15) is 18.4 Å². The van der Waals surface area contributed by atoms with Gasteiger partial charge in [0, 0.05) is 16.4 Å². The van der Waals surface area contributed by atoms with E-state index in [0.717, 1.165) is 5.76 Å². The summed E-state index contributed by atoms with van der Waals surface area (Å²) < 4.78 is 7.04. The quantitative estimate of drug-likeness (QED) is 0.455. The van der Waals surface area contributed by atoms with Gasteiger partial charge in [0.2, 0.25) is 5.91 Å². The van der Waals surface area contributed by atoms with Crippen LogP contribution in [0.15, 0.2) is 71.2 Å². The van der Waals surface area contributed by atoms with Crippen molar-refractivity contribution in [2.75, 3.05) is 11.9 Å². The predicted octanol–water partition coefficient (Wildman–Crippen LogP) is 4.22. The first-order valence-electron chi connectivity index (χ1n) is 8.89. The summed E-state index contributed by atoms with van der Waals surface area (Å²) in [7, 11) is 0.